The molecule has 0 saturated heterocycles. The molecule has 7 heteroatoms. The standard InChI is InChI=1S/C15H15N5OS/c1-2-20-13-6-5-10(7-11(13)18-19-20)14(21)17-15-16-12(8-22-15)9-3-4-9/h5-9H,2-4H2,1H3,(H,16,17,21). The second kappa shape index (κ2) is 5.17. The van der Waals surface area contributed by atoms with Crippen molar-refractivity contribution in [3.63, 3.8) is 0 Å². The van der Waals surface area contributed by atoms with Crippen molar-refractivity contribution in [3.05, 3.63) is 34.8 Å². The highest BCUT2D eigenvalue weighted by atomic mass is 32.1. The molecule has 1 saturated carbocycles. The first-order valence-electron chi connectivity index (χ1n) is 7.34. The Morgan fingerprint density at radius 3 is 3.09 bits per heavy atom. The van der Waals surface area contributed by atoms with Gasteiger partial charge in [0.25, 0.3) is 5.91 Å². The maximum atomic E-state index is 12.3. The van der Waals surface area contributed by atoms with Crippen molar-refractivity contribution in [3.8, 4) is 0 Å². The lowest BCUT2D eigenvalue weighted by atomic mass is 10.2. The number of carbonyl (C=O) groups excluding carboxylic acids is 1. The Hall–Kier alpha value is -2.28. The number of anilines is 1. The number of nitrogens with one attached hydrogen (secondary N) is 1. The van der Waals surface area contributed by atoms with Gasteiger partial charge in [0.05, 0.1) is 11.2 Å². The highest BCUT2D eigenvalue weighted by Gasteiger charge is 2.26. The topological polar surface area (TPSA) is 72.7 Å². The summed E-state index contributed by atoms with van der Waals surface area (Å²) in [5.41, 5.74) is 3.33. The van der Waals surface area contributed by atoms with E-state index in [-0.39, 0.29) is 5.91 Å². The molecular weight excluding hydrogens is 298 g/mol. The Kier molecular flexibility index (Phi) is 3.15. The molecule has 0 radical (unpaired) electrons. The second-order valence-electron chi connectivity index (χ2n) is 5.41. The molecule has 0 spiro atoms. The van der Waals surface area contributed by atoms with Gasteiger partial charge in [0.2, 0.25) is 0 Å². The second-order valence-corrected chi connectivity index (χ2v) is 6.27. The average Bonchev–Trinajstić information content (AvgIpc) is 3.14. The zero-order valence-corrected chi connectivity index (χ0v) is 12.9. The first-order valence-corrected chi connectivity index (χ1v) is 8.22. The van der Waals surface area contributed by atoms with E-state index in [0.717, 1.165) is 23.3 Å². The van der Waals surface area contributed by atoms with Gasteiger partial charge in [0.15, 0.2) is 5.13 Å². The molecule has 2 heterocycles. The Morgan fingerprint density at radius 1 is 1.45 bits per heavy atom. The summed E-state index contributed by atoms with van der Waals surface area (Å²) in [5, 5.41) is 13.7. The van der Waals surface area contributed by atoms with Gasteiger partial charge in [-0.05, 0) is 38.0 Å². The van der Waals surface area contributed by atoms with Crippen molar-refractivity contribution in [2.45, 2.75) is 32.2 Å². The molecule has 3 aromatic rings. The van der Waals surface area contributed by atoms with Crippen LogP contribution in [0, 0.1) is 0 Å². The van der Waals surface area contributed by atoms with E-state index in [1.807, 2.05) is 18.4 Å². The summed E-state index contributed by atoms with van der Waals surface area (Å²) >= 11 is 1.48. The van der Waals surface area contributed by atoms with Gasteiger partial charge in [0, 0.05) is 23.4 Å². The first kappa shape index (κ1) is 13.4. The molecule has 1 aromatic carbocycles. The van der Waals surface area contributed by atoms with Gasteiger partial charge >= 0.3 is 0 Å². The minimum Gasteiger partial charge on any atom is -0.298 e. The molecular formula is C15H15N5OS. The number of hydrogen-bond acceptors (Lipinski definition) is 5. The van der Waals surface area contributed by atoms with Crippen molar-refractivity contribution in [2.24, 2.45) is 0 Å². The normalized spacial score (nSPS) is 14.4. The minimum absolute atomic E-state index is 0.162. The van der Waals surface area contributed by atoms with Crippen LogP contribution in [-0.2, 0) is 6.54 Å². The van der Waals surface area contributed by atoms with Crippen LogP contribution in [0.25, 0.3) is 11.0 Å². The summed E-state index contributed by atoms with van der Waals surface area (Å²) in [6.07, 6.45) is 2.42. The SMILES string of the molecule is CCn1nnc2cc(C(=O)Nc3nc(C4CC4)cs3)ccc21. The summed E-state index contributed by atoms with van der Waals surface area (Å²) < 4.78 is 1.81. The third-order valence-electron chi connectivity index (χ3n) is 3.81. The fraction of sp³-hybridized carbons (Fsp3) is 0.333. The lowest BCUT2D eigenvalue weighted by Crippen LogP contribution is -2.11. The average molecular weight is 313 g/mol. The number of aromatic nitrogens is 4. The van der Waals surface area contributed by atoms with Crippen LogP contribution < -0.4 is 5.32 Å². The van der Waals surface area contributed by atoms with Crippen molar-refractivity contribution >= 4 is 33.4 Å². The molecule has 112 valence electrons. The fourth-order valence-electron chi connectivity index (χ4n) is 2.43. The third-order valence-corrected chi connectivity index (χ3v) is 4.59. The Balaban J connectivity index is 1.56. The number of rotatable bonds is 4. The highest BCUT2D eigenvalue weighted by Crippen LogP contribution is 2.40. The summed E-state index contributed by atoms with van der Waals surface area (Å²) in [4.78, 5) is 16.8. The molecule has 1 aliphatic rings. The van der Waals surface area contributed by atoms with E-state index in [1.54, 1.807) is 16.8 Å². The van der Waals surface area contributed by atoms with Gasteiger partial charge in [-0.15, -0.1) is 16.4 Å². The summed E-state index contributed by atoms with van der Waals surface area (Å²) in [7, 11) is 0. The van der Waals surface area contributed by atoms with Gasteiger partial charge in [-0.2, -0.15) is 0 Å². The Morgan fingerprint density at radius 2 is 2.32 bits per heavy atom. The van der Waals surface area contributed by atoms with E-state index in [9.17, 15) is 4.79 Å². The van der Waals surface area contributed by atoms with Gasteiger partial charge in [-0.1, -0.05) is 5.21 Å². The van der Waals surface area contributed by atoms with Crippen LogP contribution in [0.15, 0.2) is 23.6 Å². The molecule has 4 rings (SSSR count). The predicted molar refractivity (Wildman–Crippen MR) is 85.2 cm³/mol. The van der Waals surface area contributed by atoms with Crippen molar-refractivity contribution < 1.29 is 4.79 Å². The molecule has 2 aromatic heterocycles. The van der Waals surface area contributed by atoms with E-state index in [0.29, 0.717) is 16.6 Å². The zero-order valence-electron chi connectivity index (χ0n) is 12.1. The number of benzene rings is 1. The quantitative estimate of drug-likeness (QED) is 0.803. The number of hydrogen-bond donors (Lipinski definition) is 1. The lowest BCUT2D eigenvalue weighted by Gasteiger charge is -2.02. The predicted octanol–water partition coefficient (Wildman–Crippen LogP) is 3.04. The van der Waals surface area contributed by atoms with Gasteiger partial charge < -0.3 is 0 Å². The van der Waals surface area contributed by atoms with Crippen LogP contribution in [0.5, 0.6) is 0 Å². The molecule has 1 amide bonds. The number of amides is 1. The van der Waals surface area contributed by atoms with E-state index in [1.165, 1.54) is 24.2 Å². The van der Waals surface area contributed by atoms with Gasteiger partial charge in [0.1, 0.15) is 5.52 Å². The zero-order chi connectivity index (χ0) is 15.1. The minimum atomic E-state index is -0.162. The maximum absolute atomic E-state index is 12.3. The van der Waals surface area contributed by atoms with Crippen molar-refractivity contribution in [2.75, 3.05) is 5.32 Å². The number of nitrogens with zero attached hydrogens (tertiary/aromatic N) is 4. The van der Waals surface area contributed by atoms with Crippen LogP contribution in [0.3, 0.4) is 0 Å². The lowest BCUT2D eigenvalue weighted by molar-refractivity contribution is 0.102. The van der Waals surface area contributed by atoms with Gasteiger partial charge in [-0.3, -0.25) is 10.1 Å². The van der Waals surface area contributed by atoms with E-state index in [4.69, 9.17) is 0 Å². The Bertz CT molecular complexity index is 849. The maximum Gasteiger partial charge on any atom is 0.257 e. The smallest absolute Gasteiger partial charge is 0.257 e. The monoisotopic (exact) mass is 313 g/mol. The summed E-state index contributed by atoms with van der Waals surface area (Å²) in [6, 6.07) is 5.44. The van der Waals surface area contributed by atoms with E-state index < -0.39 is 0 Å². The van der Waals surface area contributed by atoms with Crippen LogP contribution >= 0.6 is 11.3 Å². The number of carbonyl (C=O) groups is 1. The van der Waals surface area contributed by atoms with Crippen molar-refractivity contribution in [1.29, 1.82) is 0 Å². The molecule has 0 bridgehead atoms. The van der Waals surface area contributed by atoms with Gasteiger partial charge in [-0.25, -0.2) is 9.67 Å². The summed E-state index contributed by atoms with van der Waals surface area (Å²) in [5.74, 6) is 0.437. The number of thiazole rings is 1. The number of aryl methyl sites for hydroxylation is 1. The van der Waals surface area contributed by atoms with Crippen LogP contribution in [0.1, 0.15) is 41.7 Å². The molecule has 0 unspecified atom stereocenters. The highest BCUT2D eigenvalue weighted by molar-refractivity contribution is 7.14. The molecule has 22 heavy (non-hydrogen) atoms. The van der Waals surface area contributed by atoms with Crippen LogP contribution in [0.2, 0.25) is 0 Å². The molecule has 1 aliphatic carbocycles. The van der Waals surface area contributed by atoms with E-state index >= 15 is 0 Å². The molecule has 0 aliphatic heterocycles. The molecule has 1 N–H and O–H groups in total. The van der Waals surface area contributed by atoms with Crippen LogP contribution in [-0.4, -0.2) is 25.9 Å². The molecule has 0 atom stereocenters. The third kappa shape index (κ3) is 2.37. The number of fused-ring (bicyclic) bond motifs is 1. The first-order chi connectivity index (χ1) is 10.7. The van der Waals surface area contributed by atoms with Crippen LogP contribution in [0.4, 0.5) is 5.13 Å². The summed E-state index contributed by atoms with van der Waals surface area (Å²) in [6.45, 7) is 2.76. The molecule has 1 fully saturated rings. The fourth-order valence-corrected chi connectivity index (χ4v) is 3.21. The Labute approximate surface area is 131 Å². The largest absolute Gasteiger partial charge is 0.298 e. The molecule has 6 nitrogen and oxygen atoms in total. The van der Waals surface area contributed by atoms with Crippen molar-refractivity contribution in [1.82, 2.24) is 20.0 Å². The van der Waals surface area contributed by atoms with E-state index in [2.05, 4.69) is 20.6 Å².